The molecule has 0 radical (unpaired) electrons. The van der Waals surface area contributed by atoms with E-state index in [0.29, 0.717) is 5.92 Å². The lowest BCUT2D eigenvalue weighted by molar-refractivity contribution is 0.249. The van der Waals surface area contributed by atoms with Gasteiger partial charge in [0.2, 0.25) is 0 Å². The Labute approximate surface area is 134 Å². The number of nitrogens with two attached hydrogens (primary N) is 2. The highest BCUT2D eigenvalue weighted by molar-refractivity contribution is 5.73. The number of nitrogens with zero attached hydrogens (tertiary/aromatic N) is 1. The molecule has 0 fully saturated rings. The van der Waals surface area contributed by atoms with Gasteiger partial charge >= 0.3 is 6.03 Å². The van der Waals surface area contributed by atoms with Gasteiger partial charge in [-0.1, -0.05) is 52.0 Å². The van der Waals surface area contributed by atoms with E-state index in [1.54, 1.807) is 6.21 Å². The van der Waals surface area contributed by atoms with Gasteiger partial charge in [-0.15, -0.1) is 0 Å². The summed E-state index contributed by atoms with van der Waals surface area (Å²) in [7, 11) is 0. The van der Waals surface area contributed by atoms with Gasteiger partial charge in [0.15, 0.2) is 0 Å². The SMILES string of the molecule is CC(C)C(N)C/C=C/CC/C=C/CC(C)(C)/C=N/NC(N)=O. The van der Waals surface area contributed by atoms with E-state index in [-0.39, 0.29) is 11.5 Å². The van der Waals surface area contributed by atoms with Gasteiger partial charge in [-0.3, -0.25) is 0 Å². The number of nitrogens with one attached hydrogen (secondary N) is 1. The Kier molecular flexibility index (Phi) is 10.2. The van der Waals surface area contributed by atoms with Crippen LogP contribution < -0.4 is 16.9 Å². The largest absolute Gasteiger partial charge is 0.350 e. The molecule has 22 heavy (non-hydrogen) atoms. The number of allylic oxidation sites excluding steroid dienone is 3. The number of rotatable bonds is 10. The normalized spacial score (nSPS) is 14.5. The van der Waals surface area contributed by atoms with Gasteiger partial charge in [0.1, 0.15) is 0 Å². The minimum absolute atomic E-state index is 0.112. The van der Waals surface area contributed by atoms with Crippen LogP contribution in [0.1, 0.15) is 53.4 Å². The average molecular weight is 308 g/mol. The van der Waals surface area contributed by atoms with Crippen molar-refractivity contribution in [3.05, 3.63) is 24.3 Å². The van der Waals surface area contributed by atoms with Crippen molar-refractivity contribution in [2.24, 2.45) is 27.9 Å². The number of hydrogen-bond donors (Lipinski definition) is 3. The predicted molar refractivity (Wildman–Crippen MR) is 94.6 cm³/mol. The topological polar surface area (TPSA) is 93.5 Å². The highest BCUT2D eigenvalue weighted by Crippen LogP contribution is 2.18. The first-order valence-corrected chi connectivity index (χ1v) is 7.90. The van der Waals surface area contributed by atoms with Crippen LogP contribution in [-0.4, -0.2) is 18.3 Å². The van der Waals surface area contributed by atoms with Crippen LogP contribution in [0, 0.1) is 11.3 Å². The number of unbranched alkanes of at least 4 members (excludes halogenated alkanes) is 1. The average Bonchev–Trinajstić information content (AvgIpc) is 2.40. The summed E-state index contributed by atoms with van der Waals surface area (Å²) >= 11 is 0. The second kappa shape index (κ2) is 11.0. The summed E-state index contributed by atoms with van der Waals surface area (Å²) in [6, 6.07) is -0.396. The zero-order chi connectivity index (χ0) is 17.0. The van der Waals surface area contributed by atoms with Crippen LogP contribution in [0.25, 0.3) is 0 Å². The first kappa shape index (κ1) is 20.4. The molecule has 5 heteroatoms. The van der Waals surface area contributed by atoms with E-state index < -0.39 is 6.03 Å². The first-order chi connectivity index (χ1) is 10.2. The second-order valence-electron chi connectivity index (χ2n) is 6.59. The summed E-state index contributed by atoms with van der Waals surface area (Å²) in [6.07, 6.45) is 14.2. The fraction of sp³-hybridized carbons (Fsp3) is 0.647. The van der Waals surface area contributed by atoms with Crippen LogP contribution in [0.15, 0.2) is 29.4 Å². The molecule has 5 nitrogen and oxygen atoms in total. The molecule has 0 aromatic carbocycles. The van der Waals surface area contributed by atoms with E-state index in [2.05, 4.69) is 62.5 Å². The molecule has 0 spiro atoms. The lowest BCUT2D eigenvalue weighted by atomic mass is 9.91. The smallest absolute Gasteiger partial charge is 0.332 e. The van der Waals surface area contributed by atoms with Crippen molar-refractivity contribution < 1.29 is 4.79 Å². The van der Waals surface area contributed by atoms with Gasteiger partial charge in [-0.25, -0.2) is 10.2 Å². The van der Waals surface area contributed by atoms with E-state index in [9.17, 15) is 4.79 Å². The summed E-state index contributed by atoms with van der Waals surface area (Å²) in [5, 5.41) is 3.81. The molecule has 1 atom stereocenters. The predicted octanol–water partition coefficient (Wildman–Crippen LogP) is 3.32. The quantitative estimate of drug-likeness (QED) is 0.250. The van der Waals surface area contributed by atoms with E-state index in [4.69, 9.17) is 11.5 Å². The number of carbonyl (C=O) groups is 1. The number of hydrogen-bond acceptors (Lipinski definition) is 3. The fourth-order valence-corrected chi connectivity index (χ4v) is 1.66. The van der Waals surface area contributed by atoms with Crippen molar-refractivity contribution >= 4 is 12.2 Å². The Morgan fingerprint density at radius 1 is 1.18 bits per heavy atom. The molecule has 0 bridgehead atoms. The molecular formula is C17H32N4O. The van der Waals surface area contributed by atoms with Crippen molar-refractivity contribution in [2.45, 2.75) is 59.4 Å². The van der Waals surface area contributed by atoms with Gasteiger partial charge in [-0.05, 0) is 31.6 Å². The van der Waals surface area contributed by atoms with Crippen LogP contribution in [0.2, 0.25) is 0 Å². The Morgan fingerprint density at radius 2 is 1.77 bits per heavy atom. The zero-order valence-electron chi connectivity index (χ0n) is 14.4. The third-order valence-electron chi connectivity index (χ3n) is 3.33. The molecule has 0 aromatic rings. The maximum atomic E-state index is 10.5. The molecule has 0 saturated heterocycles. The van der Waals surface area contributed by atoms with E-state index in [1.165, 1.54) is 0 Å². The summed E-state index contributed by atoms with van der Waals surface area (Å²) in [5.41, 5.74) is 13.0. The lowest BCUT2D eigenvalue weighted by Gasteiger charge is -2.15. The second-order valence-corrected chi connectivity index (χ2v) is 6.59. The van der Waals surface area contributed by atoms with Crippen LogP contribution in [0.3, 0.4) is 0 Å². The molecule has 5 N–H and O–H groups in total. The molecule has 0 saturated carbocycles. The monoisotopic (exact) mass is 308 g/mol. The number of primary amides is 1. The fourth-order valence-electron chi connectivity index (χ4n) is 1.66. The molecule has 0 aromatic heterocycles. The Bertz CT molecular complexity index is 397. The molecule has 0 aliphatic heterocycles. The number of hydrazone groups is 1. The Balaban J connectivity index is 3.88. The molecule has 0 aliphatic carbocycles. The molecule has 0 heterocycles. The van der Waals surface area contributed by atoms with Crippen LogP contribution in [0.5, 0.6) is 0 Å². The first-order valence-electron chi connectivity index (χ1n) is 7.90. The third kappa shape index (κ3) is 12.1. The van der Waals surface area contributed by atoms with Crippen molar-refractivity contribution in [3.8, 4) is 0 Å². The molecule has 126 valence electrons. The molecule has 0 rings (SSSR count). The van der Waals surface area contributed by atoms with E-state index in [1.807, 2.05) is 0 Å². The lowest BCUT2D eigenvalue weighted by Crippen LogP contribution is -2.26. The number of urea groups is 1. The summed E-state index contributed by atoms with van der Waals surface area (Å²) in [4.78, 5) is 10.5. The van der Waals surface area contributed by atoms with Crippen LogP contribution in [0.4, 0.5) is 4.79 Å². The van der Waals surface area contributed by atoms with Crippen LogP contribution in [-0.2, 0) is 0 Å². The minimum Gasteiger partial charge on any atom is -0.350 e. The van der Waals surface area contributed by atoms with E-state index >= 15 is 0 Å². The van der Waals surface area contributed by atoms with Crippen LogP contribution >= 0.6 is 0 Å². The highest BCUT2D eigenvalue weighted by atomic mass is 16.2. The summed E-state index contributed by atoms with van der Waals surface area (Å²) in [6.45, 7) is 8.39. The van der Waals surface area contributed by atoms with Crippen molar-refractivity contribution in [1.29, 1.82) is 0 Å². The maximum absolute atomic E-state index is 10.5. The zero-order valence-corrected chi connectivity index (χ0v) is 14.4. The summed E-state index contributed by atoms with van der Waals surface area (Å²) < 4.78 is 0. The Hall–Kier alpha value is -1.62. The van der Waals surface area contributed by atoms with E-state index in [0.717, 1.165) is 25.7 Å². The van der Waals surface area contributed by atoms with Gasteiger partial charge < -0.3 is 11.5 Å². The van der Waals surface area contributed by atoms with Crippen molar-refractivity contribution in [1.82, 2.24) is 5.43 Å². The minimum atomic E-state index is -0.647. The highest BCUT2D eigenvalue weighted by Gasteiger charge is 2.12. The van der Waals surface area contributed by atoms with Gasteiger partial charge in [0.05, 0.1) is 0 Å². The third-order valence-corrected chi connectivity index (χ3v) is 3.33. The van der Waals surface area contributed by atoms with Gasteiger partial charge in [0.25, 0.3) is 0 Å². The molecular weight excluding hydrogens is 276 g/mol. The summed E-state index contributed by atoms with van der Waals surface area (Å²) in [5.74, 6) is 0.525. The maximum Gasteiger partial charge on any atom is 0.332 e. The van der Waals surface area contributed by atoms with Crippen molar-refractivity contribution in [3.63, 3.8) is 0 Å². The standard InChI is InChI=1S/C17H32N4O/c1-14(2)15(18)11-9-7-5-6-8-10-12-17(3,4)13-20-21-16(19)22/h7-10,13-15H,5-6,11-12,18H2,1-4H3,(H3,19,21,22)/b9-7+,10-8+,20-13+. The van der Waals surface area contributed by atoms with Gasteiger partial charge in [0, 0.05) is 17.7 Å². The molecule has 1 unspecified atom stereocenters. The molecule has 0 aliphatic rings. The number of carbonyl (C=O) groups excluding carboxylic acids is 1. The molecule has 2 amide bonds. The number of amides is 2. The van der Waals surface area contributed by atoms with Gasteiger partial charge in [-0.2, -0.15) is 5.10 Å². The Morgan fingerprint density at radius 3 is 2.32 bits per heavy atom. The van der Waals surface area contributed by atoms with Crippen molar-refractivity contribution in [2.75, 3.05) is 0 Å².